The smallest absolute Gasteiger partial charge is 0.342 e. The maximum Gasteiger partial charge on any atom is 0.342 e. The number of methoxy groups -OCH3 is 2. The fourth-order valence-electron chi connectivity index (χ4n) is 2.47. The van der Waals surface area contributed by atoms with Crippen molar-refractivity contribution in [2.45, 2.75) is 12.8 Å². The van der Waals surface area contributed by atoms with Crippen molar-refractivity contribution in [3.05, 3.63) is 59.7 Å². The highest BCUT2D eigenvalue weighted by molar-refractivity contribution is 5.94. The molecule has 138 valence electrons. The molecule has 0 aliphatic heterocycles. The lowest BCUT2D eigenvalue weighted by molar-refractivity contribution is -0.124. The molecule has 6 nitrogen and oxygen atoms in total. The number of ether oxygens (including phenoxy) is 3. The minimum absolute atomic E-state index is 0.161. The second-order valence-electron chi connectivity index (χ2n) is 5.73. The standard InChI is InChI=1S/C20H23NO5/c1-14(15-8-5-4-6-9-15)12-21-18(22)13-26-20(23)16-10-7-11-17(24-2)19(16)25-3/h4-11,14H,12-13H2,1-3H3,(H,21,22)/t14-/m0/s1. The van der Waals surface area contributed by atoms with Crippen molar-refractivity contribution < 1.29 is 23.8 Å². The molecule has 0 unspecified atom stereocenters. The Balaban J connectivity index is 1.86. The van der Waals surface area contributed by atoms with Crippen LogP contribution in [-0.4, -0.2) is 39.2 Å². The highest BCUT2D eigenvalue weighted by Crippen LogP contribution is 2.31. The average Bonchev–Trinajstić information content (AvgIpc) is 2.69. The summed E-state index contributed by atoms with van der Waals surface area (Å²) in [6, 6.07) is 14.7. The molecule has 2 rings (SSSR count). The number of esters is 1. The van der Waals surface area contributed by atoms with Crippen LogP contribution in [-0.2, 0) is 9.53 Å². The van der Waals surface area contributed by atoms with E-state index in [2.05, 4.69) is 5.32 Å². The number of nitrogens with one attached hydrogen (secondary N) is 1. The van der Waals surface area contributed by atoms with Crippen molar-refractivity contribution in [1.29, 1.82) is 0 Å². The predicted molar refractivity (Wildman–Crippen MR) is 97.7 cm³/mol. The van der Waals surface area contributed by atoms with Crippen molar-refractivity contribution in [2.75, 3.05) is 27.4 Å². The molecule has 6 heteroatoms. The van der Waals surface area contributed by atoms with Gasteiger partial charge >= 0.3 is 5.97 Å². The number of hydrogen-bond donors (Lipinski definition) is 1. The summed E-state index contributed by atoms with van der Waals surface area (Å²) >= 11 is 0. The molecule has 1 amide bonds. The Morgan fingerprint density at radius 1 is 1.00 bits per heavy atom. The zero-order valence-corrected chi connectivity index (χ0v) is 15.2. The predicted octanol–water partition coefficient (Wildman–Crippen LogP) is 2.78. The van der Waals surface area contributed by atoms with E-state index in [1.807, 2.05) is 37.3 Å². The second-order valence-corrected chi connectivity index (χ2v) is 5.73. The van der Waals surface area contributed by atoms with E-state index >= 15 is 0 Å². The Bertz CT molecular complexity index is 745. The molecule has 0 aliphatic carbocycles. The summed E-state index contributed by atoms with van der Waals surface area (Å²) in [4.78, 5) is 24.2. The van der Waals surface area contributed by atoms with Gasteiger partial charge < -0.3 is 19.5 Å². The number of hydrogen-bond acceptors (Lipinski definition) is 5. The van der Waals surface area contributed by atoms with Crippen LogP contribution in [0.1, 0.15) is 28.8 Å². The molecule has 1 atom stereocenters. The van der Waals surface area contributed by atoms with Crippen molar-refractivity contribution in [1.82, 2.24) is 5.32 Å². The Hall–Kier alpha value is -3.02. The van der Waals surface area contributed by atoms with E-state index < -0.39 is 5.97 Å². The van der Waals surface area contributed by atoms with Crippen LogP contribution in [0.3, 0.4) is 0 Å². The molecule has 2 aromatic rings. The number of rotatable bonds is 8. The van der Waals surface area contributed by atoms with E-state index in [9.17, 15) is 9.59 Å². The fraction of sp³-hybridized carbons (Fsp3) is 0.300. The Labute approximate surface area is 153 Å². The van der Waals surface area contributed by atoms with Crippen molar-refractivity contribution >= 4 is 11.9 Å². The minimum Gasteiger partial charge on any atom is -0.493 e. The molecular weight excluding hydrogens is 334 g/mol. The maximum absolute atomic E-state index is 12.2. The third kappa shape index (κ3) is 4.99. The summed E-state index contributed by atoms with van der Waals surface area (Å²) < 4.78 is 15.4. The summed E-state index contributed by atoms with van der Waals surface area (Å²) in [6.45, 7) is 2.12. The number of amides is 1. The van der Waals surface area contributed by atoms with Crippen molar-refractivity contribution in [3.63, 3.8) is 0 Å². The average molecular weight is 357 g/mol. The first-order valence-corrected chi connectivity index (χ1v) is 8.26. The molecule has 0 saturated carbocycles. The molecule has 0 spiro atoms. The Morgan fingerprint density at radius 3 is 2.38 bits per heavy atom. The number of para-hydroxylation sites is 1. The van der Waals surface area contributed by atoms with E-state index in [0.29, 0.717) is 12.3 Å². The van der Waals surface area contributed by atoms with Gasteiger partial charge in [-0.15, -0.1) is 0 Å². The van der Waals surface area contributed by atoms with Gasteiger partial charge in [0.1, 0.15) is 5.56 Å². The summed E-state index contributed by atoms with van der Waals surface area (Å²) in [5, 5.41) is 2.77. The number of carbonyl (C=O) groups is 2. The molecule has 0 bridgehead atoms. The summed E-state index contributed by atoms with van der Waals surface area (Å²) in [5.41, 5.74) is 1.34. The van der Waals surface area contributed by atoms with Gasteiger partial charge in [-0.3, -0.25) is 4.79 Å². The number of benzene rings is 2. The monoisotopic (exact) mass is 357 g/mol. The van der Waals surface area contributed by atoms with Gasteiger partial charge in [0.15, 0.2) is 18.1 Å². The van der Waals surface area contributed by atoms with E-state index in [1.54, 1.807) is 18.2 Å². The summed E-state index contributed by atoms with van der Waals surface area (Å²) in [6.07, 6.45) is 0. The van der Waals surface area contributed by atoms with E-state index in [-0.39, 0.29) is 29.7 Å². The summed E-state index contributed by atoms with van der Waals surface area (Å²) in [7, 11) is 2.92. The molecule has 1 N–H and O–H groups in total. The third-order valence-corrected chi connectivity index (χ3v) is 3.93. The normalized spacial score (nSPS) is 11.3. The van der Waals surface area contributed by atoms with Crippen LogP contribution >= 0.6 is 0 Å². The largest absolute Gasteiger partial charge is 0.493 e. The molecule has 0 radical (unpaired) electrons. The van der Waals surface area contributed by atoms with Gasteiger partial charge in [0.05, 0.1) is 14.2 Å². The van der Waals surface area contributed by atoms with Gasteiger partial charge in [0.25, 0.3) is 5.91 Å². The first-order chi connectivity index (χ1) is 12.6. The first-order valence-electron chi connectivity index (χ1n) is 8.26. The molecule has 0 aliphatic rings. The molecule has 0 fully saturated rings. The second kappa shape index (κ2) is 9.46. The van der Waals surface area contributed by atoms with Crippen LogP contribution in [0, 0.1) is 0 Å². The quantitative estimate of drug-likeness (QED) is 0.736. The van der Waals surface area contributed by atoms with Crippen LogP contribution in [0.2, 0.25) is 0 Å². The van der Waals surface area contributed by atoms with Crippen LogP contribution in [0.4, 0.5) is 0 Å². The zero-order chi connectivity index (χ0) is 18.9. The third-order valence-electron chi connectivity index (χ3n) is 3.93. The van der Waals surface area contributed by atoms with Gasteiger partial charge in [-0.25, -0.2) is 4.79 Å². The van der Waals surface area contributed by atoms with Crippen LogP contribution in [0.5, 0.6) is 11.5 Å². The van der Waals surface area contributed by atoms with Gasteiger partial charge in [-0.2, -0.15) is 0 Å². The Kier molecular flexibility index (Phi) is 7.02. The topological polar surface area (TPSA) is 73.9 Å². The lowest BCUT2D eigenvalue weighted by Gasteiger charge is -2.14. The molecule has 0 aromatic heterocycles. The van der Waals surface area contributed by atoms with E-state index in [0.717, 1.165) is 5.56 Å². The van der Waals surface area contributed by atoms with E-state index in [1.165, 1.54) is 14.2 Å². The zero-order valence-electron chi connectivity index (χ0n) is 15.2. The first kappa shape index (κ1) is 19.3. The molecular formula is C20H23NO5. The van der Waals surface area contributed by atoms with Crippen LogP contribution in [0.15, 0.2) is 48.5 Å². The lowest BCUT2D eigenvalue weighted by atomic mass is 10.0. The molecule has 26 heavy (non-hydrogen) atoms. The fourth-order valence-corrected chi connectivity index (χ4v) is 2.47. The lowest BCUT2D eigenvalue weighted by Crippen LogP contribution is -2.31. The molecule has 2 aromatic carbocycles. The van der Waals surface area contributed by atoms with Crippen molar-refractivity contribution in [3.8, 4) is 11.5 Å². The number of carbonyl (C=O) groups excluding carboxylic acids is 2. The van der Waals surface area contributed by atoms with Crippen molar-refractivity contribution in [2.24, 2.45) is 0 Å². The SMILES string of the molecule is COc1cccc(C(=O)OCC(=O)NC[C@H](C)c2ccccc2)c1OC. The molecule has 0 saturated heterocycles. The maximum atomic E-state index is 12.2. The van der Waals surface area contributed by atoms with Gasteiger partial charge in [0, 0.05) is 6.54 Å². The highest BCUT2D eigenvalue weighted by atomic mass is 16.5. The molecule has 0 heterocycles. The van der Waals surface area contributed by atoms with Gasteiger partial charge in [-0.1, -0.05) is 43.3 Å². The highest BCUT2D eigenvalue weighted by Gasteiger charge is 2.18. The Morgan fingerprint density at radius 2 is 1.73 bits per heavy atom. The van der Waals surface area contributed by atoms with Gasteiger partial charge in [-0.05, 0) is 23.6 Å². The van der Waals surface area contributed by atoms with Gasteiger partial charge in [0.2, 0.25) is 0 Å². The summed E-state index contributed by atoms with van der Waals surface area (Å²) in [5.74, 6) is -0.148. The van der Waals surface area contributed by atoms with E-state index in [4.69, 9.17) is 14.2 Å². The minimum atomic E-state index is -0.646. The van der Waals surface area contributed by atoms with Crippen LogP contribution in [0.25, 0.3) is 0 Å². The van der Waals surface area contributed by atoms with Crippen LogP contribution < -0.4 is 14.8 Å².